The molecule has 1 aromatic carbocycles. The fourth-order valence-corrected chi connectivity index (χ4v) is 3.57. The number of aryl methyl sites for hydroxylation is 2. The van der Waals surface area contributed by atoms with Gasteiger partial charge in [-0.15, -0.1) is 5.10 Å². The Morgan fingerprint density at radius 2 is 2.04 bits per heavy atom. The quantitative estimate of drug-likeness (QED) is 0.505. The Bertz CT molecular complexity index is 1140. The van der Waals surface area contributed by atoms with Gasteiger partial charge in [0.25, 0.3) is 20.9 Å². The number of nitro groups is 1. The first kappa shape index (κ1) is 18.6. The lowest BCUT2D eigenvalue weighted by atomic mass is 10.2. The van der Waals surface area contributed by atoms with Crippen molar-refractivity contribution in [3.8, 4) is 5.88 Å². The van der Waals surface area contributed by atoms with Crippen LogP contribution in [-0.2, 0) is 10.0 Å². The largest absolute Gasteiger partial charge is 0.478 e. The summed E-state index contributed by atoms with van der Waals surface area (Å²) in [6.07, 6.45) is 0. The second-order valence-electron chi connectivity index (χ2n) is 5.80. The molecule has 0 spiro atoms. The van der Waals surface area contributed by atoms with Crippen molar-refractivity contribution in [2.45, 2.75) is 25.9 Å². The van der Waals surface area contributed by atoms with Crippen molar-refractivity contribution in [1.82, 2.24) is 14.6 Å². The molecule has 0 saturated carbocycles. The van der Waals surface area contributed by atoms with Crippen molar-refractivity contribution < 1.29 is 18.1 Å². The van der Waals surface area contributed by atoms with E-state index >= 15 is 0 Å². The van der Waals surface area contributed by atoms with Gasteiger partial charge in [-0.1, -0.05) is 12.1 Å². The van der Waals surface area contributed by atoms with Crippen LogP contribution in [0.3, 0.4) is 0 Å². The molecule has 0 aliphatic carbocycles. The van der Waals surface area contributed by atoms with Crippen molar-refractivity contribution in [3.63, 3.8) is 0 Å². The maximum absolute atomic E-state index is 12.7. The fourth-order valence-electron chi connectivity index (χ4n) is 2.54. The number of ether oxygens (including phenoxy) is 1. The standard InChI is InChI=1S/C16H17N5O5S/c1-4-26-14-9-10(2)8-13-17-16(18-20(13)14)27(24,25)19-15-11(3)6-5-7-12(15)21(22)23/h5-9,19H,4H2,1-3H3. The van der Waals surface area contributed by atoms with E-state index in [1.54, 1.807) is 32.0 Å². The molecular weight excluding hydrogens is 374 g/mol. The molecule has 11 heteroatoms. The minimum atomic E-state index is -4.25. The molecular formula is C16H17N5O5S. The molecule has 142 valence electrons. The summed E-state index contributed by atoms with van der Waals surface area (Å²) < 4.78 is 34.5. The monoisotopic (exact) mass is 391 g/mol. The van der Waals surface area contributed by atoms with E-state index in [0.717, 1.165) is 5.56 Å². The average Bonchev–Trinajstić information content (AvgIpc) is 3.01. The van der Waals surface area contributed by atoms with Crippen molar-refractivity contribution in [2.75, 3.05) is 11.3 Å². The van der Waals surface area contributed by atoms with Gasteiger partial charge in [0.2, 0.25) is 5.88 Å². The topological polar surface area (TPSA) is 129 Å². The number of fused-ring (bicyclic) bond motifs is 1. The summed E-state index contributed by atoms with van der Waals surface area (Å²) in [6, 6.07) is 7.63. The highest BCUT2D eigenvalue weighted by molar-refractivity contribution is 7.92. The first-order valence-corrected chi connectivity index (χ1v) is 9.48. The number of anilines is 1. The van der Waals surface area contributed by atoms with Gasteiger partial charge in [-0.2, -0.15) is 17.9 Å². The van der Waals surface area contributed by atoms with Gasteiger partial charge in [-0.25, -0.2) is 0 Å². The van der Waals surface area contributed by atoms with Crippen LogP contribution in [0.4, 0.5) is 11.4 Å². The molecule has 0 radical (unpaired) electrons. The summed E-state index contributed by atoms with van der Waals surface area (Å²) in [7, 11) is -4.25. The smallest absolute Gasteiger partial charge is 0.299 e. The number of aromatic nitrogens is 3. The van der Waals surface area contributed by atoms with Crippen LogP contribution in [0.1, 0.15) is 18.1 Å². The Morgan fingerprint density at radius 1 is 1.30 bits per heavy atom. The lowest BCUT2D eigenvalue weighted by Gasteiger charge is -2.08. The number of rotatable bonds is 6. The molecule has 0 saturated heterocycles. The molecule has 0 fully saturated rings. The maximum Gasteiger partial charge on any atom is 0.299 e. The van der Waals surface area contributed by atoms with Crippen molar-refractivity contribution >= 4 is 27.0 Å². The summed E-state index contributed by atoms with van der Waals surface area (Å²) in [5, 5.41) is 14.7. The Hall–Kier alpha value is -3.21. The molecule has 2 aromatic heterocycles. The third-order valence-electron chi connectivity index (χ3n) is 3.75. The molecule has 2 heterocycles. The van der Waals surface area contributed by atoms with Crippen LogP contribution in [0.2, 0.25) is 0 Å². The van der Waals surface area contributed by atoms with E-state index in [4.69, 9.17) is 4.74 Å². The van der Waals surface area contributed by atoms with Crippen molar-refractivity contribution in [3.05, 3.63) is 51.6 Å². The van der Waals surface area contributed by atoms with Crippen LogP contribution < -0.4 is 9.46 Å². The Kier molecular flexibility index (Phi) is 4.70. The van der Waals surface area contributed by atoms with Crippen LogP contribution in [0, 0.1) is 24.0 Å². The second kappa shape index (κ2) is 6.83. The van der Waals surface area contributed by atoms with Gasteiger partial charge in [0.1, 0.15) is 5.69 Å². The zero-order valence-electron chi connectivity index (χ0n) is 14.8. The molecule has 0 aliphatic rings. The molecule has 0 atom stereocenters. The lowest BCUT2D eigenvalue weighted by molar-refractivity contribution is -0.383. The summed E-state index contributed by atoms with van der Waals surface area (Å²) in [6.45, 7) is 5.55. The predicted octanol–water partition coefficient (Wildman–Crippen LogP) is 2.45. The number of sulfonamides is 1. The molecule has 3 rings (SSSR count). The van der Waals surface area contributed by atoms with Gasteiger partial charge >= 0.3 is 0 Å². The van der Waals surface area contributed by atoms with Crippen LogP contribution in [0.25, 0.3) is 5.65 Å². The van der Waals surface area contributed by atoms with Crippen LogP contribution in [0.15, 0.2) is 35.5 Å². The fraction of sp³-hybridized carbons (Fsp3) is 0.250. The van der Waals surface area contributed by atoms with E-state index in [0.29, 0.717) is 18.1 Å². The van der Waals surface area contributed by atoms with Crippen LogP contribution in [-0.4, -0.2) is 34.5 Å². The van der Waals surface area contributed by atoms with Gasteiger partial charge < -0.3 is 4.74 Å². The number of nitrogens with zero attached hydrogens (tertiary/aromatic N) is 4. The SMILES string of the molecule is CCOc1cc(C)cc2nc(S(=O)(=O)Nc3c(C)cccc3[N+](=O)[O-])nn12. The summed E-state index contributed by atoms with van der Waals surface area (Å²) >= 11 is 0. The molecule has 0 bridgehead atoms. The van der Waals surface area contributed by atoms with E-state index in [2.05, 4.69) is 14.8 Å². The average molecular weight is 391 g/mol. The van der Waals surface area contributed by atoms with Gasteiger partial charge in [0.05, 0.1) is 11.5 Å². The lowest BCUT2D eigenvalue weighted by Crippen LogP contribution is -2.16. The Balaban J connectivity index is 2.09. The normalized spacial score (nSPS) is 11.5. The summed E-state index contributed by atoms with van der Waals surface area (Å²) in [4.78, 5) is 14.6. The minimum Gasteiger partial charge on any atom is -0.478 e. The number of hydrogen-bond donors (Lipinski definition) is 1. The predicted molar refractivity (Wildman–Crippen MR) is 97.5 cm³/mol. The van der Waals surface area contributed by atoms with Crippen LogP contribution >= 0.6 is 0 Å². The zero-order chi connectivity index (χ0) is 19.8. The van der Waals surface area contributed by atoms with E-state index in [1.807, 2.05) is 6.92 Å². The minimum absolute atomic E-state index is 0.123. The van der Waals surface area contributed by atoms with E-state index < -0.39 is 20.1 Å². The molecule has 1 N–H and O–H groups in total. The van der Waals surface area contributed by atoms with Gasteiger partial charge in [0, 0.05) is 12.1 Å². The molecule has 0 unspecified atom stereocenters. The number of pyridine rings is 1. The summed E-state index contributed by atoms with van der Waals surface area (Å²) in [5.74, 6) is 0.350. The highest BCUT2D eigenvalue weighted by atomic mass is 32.2. The van der Waals surface area contributed by atoms with Gasteiger partial charge in [-0.3, -0.25) is 14.8 Å². The first-order chi connectivity index (χ1) is 12.7. The van der Waals surface area contributed by atoms with Crippen molar-refractivity contribution in [1.29, 1.82) is 0 Å². The number of nitro benzene ring substituents is 1. The number of para-hydroxylation sites is 1. The van der Waals surface area contributed by atoms with Crippen LogP contribution in [0.5, 0.6) is 5.88 Å². The highest BCUT2D eigenvalue weighted by Gasteiger charge is 2.26. The number of nitrogens with one attached hydrogen (secondary N) is 1. The second-order valence-corrected chi connectivity index (χ2v) is 7.38. The Labute approximate surface area is 155 Å². The van der Waals surface area contributed by atoms with Crippen molar-refractivity contribution in [2.24, 2.45) is 0 Å². The Morgan fingerprint density at radius 3 is 2.70 bits per heavy atom. The molecule has 27 heavy (non-hydrogen) atoms. The van der Waals surface area contributed by atoms with Gasteiger partial charge in [0.15, 0.2) is 5.65 Å². The third-order valence-corrected chi connectivity index (χ3v) is 4.87. The molecule has 3 aromatic rings. The van der Waals surface area contributed by atoms with Gasteiger partial charge in [-0.05, 0) is 38.0 Å². The molecule has 0 aliphatic heterocycles. The van der Waals surface area contributed by atoms with E-state index in [9.17, 15) is 18.5 Å². The third kappa shape index (κ3) is 3.53. The molecule has 10 nitrogen and oxygen atoms in total. The number of benzene rings is 1. The zero-order valence-corrected chi connectivity index (χ0v) is 15.6. The maximum atomic E-state index is 12.7. The summed E-state index contributed by atoms with van der Waals surface area (Å²) in [5.41, 5.74) is 1.04. The number of hydrogen-bond acceptors (Lipinski definition) is 7. The van der Waals surface area contributed by atoms with E-state index in [-0.39, 0.29) is 17.0 Å². The first-order valence-electron chi connectivity index (χ1n) is 8.00. The highest BCUT2D eigenvalue weighted by Crippen LogP contribution is 2.29. The van der Waals surface area contributed by atoms with E-state index in [1.165, 1.54) is 16.6 Å². The molecule has 0 amide bonds.